The minimum absolute atomic E-state index is 0.114. The molecule has 0 aliphatic carbocycles. The highest BCUT2D eigenvalue weighted by Crippen LogP contribution is 2.23. The standard InChI is InChI=1S/C13H12BrN3O2/c1-8-10(14)3-2-4-11(8)16-6-12-9(13(18)19)5-15-7-17-12/h2-5,7,16H,6H2,1H3,(H,18,19). The number of aromatic nitrogens is 2. The molecule has 0 fully saturated rings. The number of benzene rings is 1. The Morgan fingerprint density at radius 1 is 1.47 bits per heavy atom. The largest absolute Gasteiger partial charge is 0.478 e. The molecule has 98 valence electrons. The Kier molecular flexibility index (Phi) is 4.11. The predicted molar refractivity (Wildman–Crippen MR) is 75.2 cm³/mol. The highest BCUT2D eigenvalue weighted by atomic mass is 79.9. The van der Waals surface area contributed by atoms with Crippen LogP contribution in [0.4, 0.5) is 5.69 Å². The number of halogens is 1. The van der Waals surface area contributed by atoms with Gasteiger partial charge in [-0.1, -0.05) is 22.0 Å². The molecule has 6 heteroatoms. The third-order valence-electron chi connectivity index (χ3n) is 2.74. The maximum Gasteiger partial charge on any atom is 0.339 e. The summed E-state index contributed by atoms with van der Waals surface area (Å²) in [5.74, 6) is -1.02. The lowest BCUT2D eigenvalue weighted by Gasteiger charge is -2.11. The molecule has 0 saturated carbocycles. The van der Waals surface area contributed by atoms with Gasteiger partial charge in [0, 0.05) is 16.4 Å². The zero-order valence-corrected chi connectivity index (χ0v) is 11.8. The first-order valence-electron chi connectivity index (χ1n) is 5.60. The van der Waals surface area contributed by atoms with Crippen molar-refractivity contribution in [2.45, 2.75) is 13.5 Å². The van der Waals surface area contributed by atoms with Gasteiger partial charge in [-0.15, -0.1) is 0 Å². The minimum Gasteiger partial charge on any atom is -0.478 e. The van der Waals surface area contributed by atoms with Crippen molar-refractivity contribution >= 4 is 27.6 Å². The molecule has 0 aliphatic heterocycles. The third-order valence-corrected chi connectivity index (χ3v) is 3.60. The molecule has 2 aromatic rings. The molecule has 0 unspecified atom stereocenters. The van der Waals surface area contributed by atoms with E-state index < -0.39 is 5.97 Å². The number of hydrogen-bond acceptors (Lipinski definition) is 4. The summed E-state index contributed by atoms with van der Waals surface area (Å²) in [5.41, 5.74) is 2.57. The average molecular weight is 322 g/mol. The summed E-state index contributed by atoms with van der Waals surface area (Å²) in [5, 5.41) is 12.2. The van der Waals surface area contributed by atoms with Gasteiger partial charge in [0.05, 0.1) is 12.2 Å². The van der Waals surface area contributed by atoms with E-state index in [2.05, 4.69) is 31.2 Å². The number of carboxylic acid groups (broad SMARTS) is 1. The van der Waals surface area contributed by atoms with Gasteiger partial charge < -0.3 is 10.4 Å². The zero-order valence-electron chi connectivity index (χ0n) is 10.2. The van der Waals surface area contributed by atoms with Gasteiger partial charge in [0.1, 0.15) is 11.9 Å². The van der Waals surface area contributed by atoms with Crippen LogP contribution in [0.3, 0.4) is 0 Å². The van der Waals surface area contributed by atoms with Crippen LogP contribution in [0.5, 0.6) is 0 Å². The topological polar surface area (TPSA) is 75.1 Å². The van der Waals surface area contributed by atoms with Crippen molar-refractivity contribution in [1.82, 2.24) is 9.97 Å². The first-order chi connectivity index (χ1) is 9.09. The van der Waals surface area contributed by atoms with Crippen molar-refractivity contribution in [3.05, 3.63) is 52.0 Å². The molecular formula is C13H12BrN3O2. The molecular weight excluding hydrogens is 310 g/mol. The normalized spacial score (nSPS) is 10.2. The lowest BCUT2D eigenvalue weighted by molar-refractivity contribution is 0.0694. The Morgan fingerprint density at radius 2 is 2.26 bits per heavy atom. The molecule has 2 N–H and O–H groups in total. The van der Waals surface area contributed by atoms with Crippen molar-refractivity contribution in [3.63, 3.8) is 0 Å². The predicted octanol–water partition coefficient (Wildman–Crippen LogP) is 2.86. The second kappa shape index (κ2) is 5.79. The summed E-state index contributed by atoms with van der Waals surface area (Å²) in [7, 11) is 0. The maximum absolute atomic E-state index is 11.0. The monoisotopic (exact) mass is 321 g/mol. The number of carboxylic acids is 1. The van der Waals surface area contributed by atoms with E-state index in [0.717, 1.165) is 15.7 Å². The number of nitrogens with zero attached hydrogens (tertiary/aromatic N) is 2. The van der Waals surface area contributed by atoms with Crippen LogP contribution in [0.15, 0.2) is 35.2 Å². The molecule has 1 aromatic carbocycles. The highest BCUT2D eigenvalue weighted by Gasteiger charge is 2.11. The molecule has 0 atom stereocenters. The summed E-state index contributed by atoms with van der Waals surface area (Å²) in [6, 6.07) is 5.80. The first-order valence-corrected chi connectivity index (χ1v) is 6.40. The molecule has 5 nitrogen and oxygen atoms in total. The van der Waals surface area contributed by atoms with Gasteiger partial charge in [-0.25, -0.2) is 14.8 Å². The Morgan fingerprint density at radius 3 is 3.00 bits per heavy atom. The van der Waals surface area contributed by atoms with Crippen LogP contribution in [0, 0.1) is 6.92 Å². The molecule has 0 spiro atoms. The number of aromatic carboxylic acids is 1. The van der Waals surface area contributed by atoms with E-state index in [1.54, 1.807) is 0 Å². The van der Waals surface area contributed by atoms with Crippen LogP contribution in [0.25, 0.3) is 0 Å². The molecule has 0 bridgehead atoms. The van der Waals surface area contributed by atoms with Crippen molar-refractivity contribution in [2.24, 2.45) is 0 Å². The highest BCUT2D eigenvalue weighted by molar-refractivity contribution is 9.10. The van der Waals surface area contributed by atoms with E-state index in [4.69, 9.17) is 5.11 Å². The fourth-order valence-corrected chi connectivity index (χ4v) is 2.02. The summed E-state index contributed by atoms with van der Waals surface area (Å²) in [6.45, 7) is 2.31. The van der Waals surface area contributed by atoms with Crippen LogP contribution >= 0.6 is 15.9 Å². The van der Waals surface area contributed by atoms with Crippen molar-refractivity contribution in [2.75, 3.05) is 5.32 Å². The zero-order chi connectivity index (χ0) is 13.8. The SMILES string of the molecule is Cc1c(Br)cccc1NCc1ncncc1C(=O)O. The van der Waals surface area contributed by atoms with Crippen molar-refractivity contribution < 1.29 is 9.90 Å². The molecule has 0 saturated heterocycles. The Labute approximate surface area is 118 Å². The van der Waals surface area contributed by atoms with Gasteiger partial charge in [0.2, 0.25) is 0 Å². The molecule has 2 rings (SSSR count). The molecule has 0 radical (unpaired) electrons. The van der Waals surface area contributed by atoms with Gasteiger partial charge >= 0.3 is 5.97 Å². The summed E-state index contributed by atoms with van der Waals surface area (Å²) in [6.07, 6.45) is 2.65. The van der Waals surface area contributed by atoms with Crippen LogP contribution in [-0.4, -0.2) is 21.0 Å². The molecule has 0 aliphatic rings. The smallest absolute Gasteiger partial charge is 0.339 e. The van der Waals surface area contributed by atoms with E-state index in [1.807, 2.05) is 25.1 Å². The van der Waals surface area contributed by atoms with Gasteiger partial charge in [0.15, 0.2) is 0 Å². The molecule has 19 heavy (non-hydrogen) atoms. The summed E-state index contributed by atoms with van der Waals surface area (Å²) >= 11 is 3.45. The summed E-state index contributed by atoms with van der Waals surface area (Å²) in [4.78, 5) is 18.8. The van der Waals surface area contributed by atoms with E-state index in [9.17, 15) is 4.79 Å². The summed E-state index contributed by atoms with van der Waals surface area (Å²) < 4.78 is 0.999. The van der Waals surface area contributed by atoms with Gasteiger partial charge in [0.25, 0.3) is 0 Å². The number of carbonyl (C=O) groups is 1. The van der Waals surface area contributed by atoms with Gasteiger partial charge in [-0.3, -0.25) is 0 Å². The quantitative estimate of drug-likeness (QED) is 0.905. The van der Waals surface area contributed by atoms with Crippen LogP contribution < -0.4 is 5.32 Å². The third kappa shape index (κ3) is 3.08. The average Bonchev–Trinajstić information content (AvgIpc) is 2.40. The Hall–Kier alpha value is -1.95. The molecule has 0 amide bonds. The lowest BCUT2D eigenvalue weighted by Crippen LogP contribution is -2.10. The van der Waals surface area contributed by atoms with Crippen LogP contribution in [0.2, 0.25) is 0 Å². The number of hydrogen-bond donors (Lipinski definition) is 2. The lowest BCUT2D eigenvalue weighted by atomic mass is 10.2. The first kappa shape index (κ1) is 13.5. The van der Waals surface area contributed by atoms with Crippen LogP contribution in [0.1, 0.15) is 21.6 Å². The Balaban J connectivity index is 2.19. The van der Waals surface area contributed by atoms with Gasteiger partial charge in [-0.2, -0.15) is 0 Å². The second-order valence-electron chi connectivity index (χ2n) is 3.95. The number of anilines is 1. The Bertz CT molecular complexity index is 617. The second-order valence-corrected chi connectivity index (χ2v) is 4.81. The van der Waals surface area contributed by atoms with E-state index >= 15 is 0 Å². The number of rotatable bonds is 4. The fraction of sp³-hybridized carbons (Fsp3) is 0.154. The molecule has 1 aromatic heterocycles. The van der Waals surface area contributed by atoms with E-state index in [0.29, 0.717) is 12.2 Å². The van der Waals surface area contributed by atoms with Crippen molar-refractivity contribution in [3.8, 4) is 0 Å². The van der Waals surface area contributed by atoms with Crippen LogP contribution in [-0.2, 0) is 6.54 Å². The van der Waals surface area contributed by atoms with Crippen molar-refractivity contribution in [1.29, 1.82) is 0 Å². The number of nitrogens with one attached hydrogen (secondary N) is 1. The maximum atomic E-state index is 11.0. The van der Waals surface area contributed by atoms with E-state index in [1.165, 1.54) is 12.5 Å². The van der Waals surface area contributed by atoms with E-state index in [-0.39, 0.29) is 5.56 Å². The van der Waals surface area contributed by atoms with Gasteiger partial charge in [-0.05, 0) is 24.6 Å². The fourth-order valence-electron chi connectivity index (χ4n) is 1.65. The minimum atomic E-state index is -1.02. The molecule has 1 heterocycles.